The highest BCUT2D eigenvalue weighted by Crippen LogP contribution is 2.35. The molecule has 1 aliphatic heterocycles. The lowest BCUT2D eigenvalue weighted by atomic mass is 9.97. The molecule has 0 spiro atoms. The zero-order chi connectivity index (χ0) is 18.1. The van der Waals surface area contributed by atoms with Crippen LogP contribution in [0.1, 0.15) is 24.2 Å². The lowest BCUT2D eigenvalue weighted by molar-refractivity contribution is -0.146. The van der Waals surface area contributed by atoms with Gasteiger partial charge in [-0.15, -0.1) is 0 Å². The maximum Gasteiger partial charge on any atom is 0.435 e. The van der Waals surface area contributed by atoms with Gasteiger partial charge in [-0.25, -0.2) is 0 Å². The number of amides is 1. The van der Waals surface area contributed by atoms with Crippen LogP contribution >= 0.6 is 0 Å². The first-order chi connectivity index (χ1) is 11.0. The van der Waals surface area contributed by atoms with Gasteiger partial charge in [-0.3, -0.25) is 9.48 Å². The average molecular weight is 358 g/mol. The highest BCUT2D eigenvalue weighted by molar-refractivity contribution is 5.76. The van der Waals surface area contributed by atoms with E-state index in [2.05, 4.69) is 5.10 Å². The van der Waals surface area contributed by atoms with Crippen molar-refractivity contribution >= 4 is 5.91 Å². The predicted octanol–water partition coefficient (Wildman–Crippen LogP) is 2.12. The largest absolute Gasteiger partial charge is 0.435 e. The Morgan fingerprint density at radius 3 is 2.21 bits per heavy atom. The topological polar surface area (TPSA) is 64.2 Å². The molecule has 136 valence electrons. The molecule has 1 amide bonds. The minimum atomic E-state index is -5.04. The van der Waals surface area contributed by atoms with Crippen molar-refractivity contribution in [2.45, 2.75) is 31.7 Å². The van der Waals surface area contributed by atoms with E-state index in [1.165, 1.54) is 4.90 Å². The molecule has 1 fully saturated rings. The molecule has 0 aliphatic carbocycles. The summed E-state index contributed by atoms with van der Waals surface area (Å²) in [6.45, 7) is 0.192. The Morgan fingerprint density at radius 1 is 1.17 bits per heavy atom. The van der Waals surface area contributed by atoms with Gasteiger partial charge in [0.2, 0.25) is 5.91 Å². The maximum atomic E-state index is 12.9. The van der Waals surface area contributed by atoms with E-state index in [4.69, 9.17) is 5.73 Å². The zero-order valence-corrected chi connectivity index (χ0v) is 12.5. The molecule has 11 heteroatoms. The number of aromatic nitrogens is 2. The number of hydrogen-bond donors (Lipinski definition) is 1. The fourth-order valence-corrected chi connectivity index (χ4v) is 2.55. The second kappa shape index (κ2) is 6.61. The van der Waals surface area contributed by atoms with Crippen LogP contribution in [0.4, 0.5) is 26.3 Å². The summed E-state index contributed by atoms with van der Waals surface area (Å²) in [7, 11) is 0. The van der Waals surface area contributed by atoms with E-state index < -0.39 is 36.2 Å². The summed E-state index contributed by atoms with van der Waals surface area (Å²) in [5, 5.41) is 2.92. The van der Waals surface area contributed by atoms with Gasteiger partial charge in [-0.05, 0) is 25.3 Å². The molecule has 0 bridgehead atoms. The summed E-state index contributed by atoms with van der Waals surface area (Å²) in [6, 6.07) is -0.0893. The highest BCUT2D eigenvalue weighted by Gasteiger charge is 2.42. The number of piperidine rings is 1. The van der Waals surface area contributed by atoms with E-state index in [0.29, 0.717) is 32.5 Å². The third-order valence-electron chi connectivity index (χ3n) is 3.95. The van der Waals surface area contributed by atoms with Crippen molar-refractivity contribution in [3.63, 3.8) is 0 Å². The molecular formula is C13H16F6N4O. The molecule has 2 N–H and O–H groups in total. The number of nitrogens with two attached hydrogens (primary N) is 1. The molecule has 0 saturated carbocycles. The van der Waals surface area contributed by atoms with E-state index in [-0.39, 0.29) is 16.7 Å². The Labute approximate surface area is 133 Å². The second-order valence-corrected chi connectivity index (χ2v) is 5.63. The van der Waals surface area contributed by atoms with E-state index in [9.17, 15) is 31.1 Å². The van der Waals surface area contributed by atoms with Crippen LogP contribution in [0.3, 0.4) is 0 Å². The number of nitrogens with zero attached hydrogens (tertiary/aromatic N) is 3. The van der Waals surface area contributed by atoms with Crippen molar-refractivity contribution in [2.75, 3.05) is 19.6 Å². The smallest absolute Gasteiger partial charge is 0.341 e. The van der Waals surface area contributed by atoms with Gasteiger partial charge in [0, 0.05) is 19.2 Å². The van der Waals surface area contributed by atoms with Gasteiger partial charge in [0.25, 0.3) is 0 Å². The summed E-state index contributed by atoms with van der Waals surface area (Å²) in [6.07, 6.45) is -8.83. The summed E-state index contributed by atoms with van der Waals surface area (Å²) in [5.74, 6) is -0.464. The van der Waals surface area contributed by atoms with Crippen LogP contribution in [0.5, 0.6) is 0 Å². The first-order valence-corrected chi connectivity index (χ1v) is 7.22. The second-order valence-electron chi connectivity index (χ2n) is 5.63. The molecule has 0 atom stereocenters. The Bertz CT molecular complexity index is 586. The Balaban J connectivity index is 2.16. The fraction of sp³-hybridized carbons (Fsp3) is 0.692. The summed E-state index contributed by atoms with van der Waals surface area (Å²) >= 11 is 0. The van der Waals surface area contributed by atoms with Gasteiger partial charge in [0.05, 0.1) is 0 Å². The van der Waals surface area contributed by atoms with Crippen molar-refractivity contribution in [3.8, 4) is 0 Å². The average Bonchev–Trinajstić information content (AvgIpc) is 2.91. The number of carbonyl (C=O) groups excluding carboxylic acids is 1. The van der Waals surface area contributed by atoms with Crippen molar-refractivity contribution in [2.24, 2.45) is 11.7 Å². The summed E-state index contributed by atoms with van der Waals surface area (Å²) < 4.78 is 76.5. The standard InChI is InChI=1S/C13H16F6N4O/c14-12(15,16)9-5-10(13(17,18)19)23(21-9)7-11(24)22-3-1-8(6-20)2-4-22/h5,8H,1-4,6-7,20H2. The number of halogens is 6. The van der Waals surface area contributed by atoms with Crippen LogP contribution in [0.2, 0.25) is 0 Å². The number of likely N-dealkylation sites (tertiary alicyclic amines) is 1. The van der Waals surface area contributed by atoms with E-state index in [1.54, 1.807) is 0 Å². The van der Waals surface area contributed by atoms with Crippen molar-refractivity contribution in [1.29, 1.82) is 0 Å². The molecule has 0 aromatic carbocycles. The van der Waals surface area contributed by atoms with Crippen LogP contribution in [-0.4, -0.2) is 40.2 Å². The number of alkyl halides is 6. The van der Waals surface area contributed by atoms with E-state index in [1.807, 2.05) is 0 Å². The van der Waals surface area contributed by atoms with E-state index in [0.717, 1.165) is 0 Å². The minimum absolute atomic E-state index is 0.0696. The lowest BCUT2D eigenvalue weighted by Gasteiger charge is -2.31. The highest BCUT2D eigenvalue weighted by atomic mass is 19.4. The monoisotopic (exact) mass is 358 g/mol. The molecule has 1 aliphatic rings. The normalized spacial score (nSPS) is 17.4. The molecule has 5 nitrogen and oxygen atoms in total. The molecule has 1 aromatic rings. The molecule has 1 aromatic heterocycles. The SMILES string of the molecule is NCC1CCN(C(=O)Cn2nc(C(F)(F)F)cc2C(F)(F)F)CC1. The molecule has 1 saturated heterocycles. The van der Waals surface area contributed by atoms with Crippen LogP contribution in [0.25, 0.3) is 0 Å². The molecule has 0 radical (unpaired) electrons. The van der Waals surface area contributed by atoms with Crippen LogP contribution in [0, 0.1) is 5.92 Å². The minimum Gasteiger partial charge on any atom is -0.341 e. The third kappa shape index (κ3) is 4.19. The van der Waals surface area contributed by atoms with Crippen LogP contribution in [-0.2, 0) is 23.7 Å². The Kier molecular flexibility index (Phi) is 5.11. The maximum absolute atomic E-state index is 12.9. The molecular weight excluding hydrogens is 342 g/mol. The number of carbonyl (C=O) groups is 1. The summed E-state index contributed by atoms with van der Waals surface area (Å²) in [4.78, 5) is 13.4. The molecule has 24 heavy (non-hydrogen) atoms. The Morgan fingerprint density at radius 2 is 1.75 bits per heavy atom. The molecule has 2 rings (SSSR count). The lowest BCUT2D eigenvalue weighted by Crippen LogP contribution is -2.42. The first-order valence-electron chi connectivity index (χ1n) is 7.22. The third-order valence-corrected chi connectivity index (χ3v) is 3.95. The van der Waals surface area contributed by atoms with E-state index >= 15 is 0 Å². The van der Waals surface area contributed by atoms with Gasteiger partial charge in [0.1, 0.15) is 12.2 Å². The first kappa shape index (κ1) is 18.6. The predicted molar refractivity (Wildman–Crippen MR) is 70.6 cm³/mol. The van der Waals surface area contributed by atoms with Crippen molar-refractivity contribution < 1.29 is 31.1 Å². The van der Waals surface area contributed by atoms with Crippen LogP contribution in [0.15, 0.2) is 6.07 Å². The van der Waals surface area contributed by atoms with Gasteiger partial charge in [-0.2, -0.15) is 31.4 Å². The molecule has 0 unspecified atom stereocenters. The molecule has 2 heterocycles. The zero-order valence-electron chi connectivity index (χ0n) is 12.5. The Hall–Kier alpha value is -1.78. The van der Waals surface area contributed by atoms with Crippen LogP contribution < -0.4 is 5.73 Å². The fourth-order valence-electron chi connectivity index (χ4n) is 2.55. The number of rotatable bonds is 3. The quantitative estimate of drug-likeness (QED) is 0.842. The van der Waals surface area contributed by atoms with Gasteiger partial charge in [0.15, 0.2) is 5.69 Å². The van der Waals surface area contributed by atoms with Crippen molar-refractivity contribution in [1.82, 2.24) is 14.7 Å². The van der Waals surface area contributed by atoms with Gasteiger partial charge < -0.3 is 10.6 Å². The van der Waals surface area contributed by atoms with Gasteiger partial charge >= 0.3 is 12.4 Å². The van der Waals surface area contributed by atoms with Gasteiger partial charge in [-0.1, -0.05) is 0 Å². The number of hydrogen-bond acceptors (Lipinski definition) is 3. The van der Waals surface area contributed by atoms with Crippen molar-refractivity contribution in [3.05, 3.63) is 17.5 Å². The summed E-state index contributed by atoms with van der Waals surface area (Å²) in [5.41, 5.74) is 2.24.